The molecule has 0 atom stereocenters. The SMILES string of the molecule is COc1ccc(/C=C/C(=O)Nc2ccc(Cl)c(Cl)c2)c(OC)c1. The van der Waals surface area contributed by atoms with Gasteiger partial charge in [0.1, 0.15) is 11.5 Å². The lowest BCUT2D eigenvalue weighted by molar-refractivity contribution is -0.111. The maximum Gasteiger partial charge on any atom is 0.248 e. The zero-order valence-electron chi connectivity index (χ0n) is 12.6. The molecule has 4 nitrogen and oxygen atoms in total. The Morgan fingerprint density at radius 1 is 1.04 bits per heavy atom. The molecule has 0 aliphatic heterocycles. The smallest absolute Gasteiger partial charge is 0.248 e. The van der Waals surface area contributed by atoms with Crippen molar-refractivity contribution in [2.45, 2.75) is 0 Å². The predicted molar refractivity (Wildman–Crippen MR) is 93.7 cm³/mol. The molecule has 0 heterocycles. The van der Waals surface area contributed by atoms with Gasteiger partial charge in [-0.05, 0) is 36.4 Å². The minimum Gasteiger partial charge on any atom is -0.497 e. The van der Waals surface area contributed by atoms with E-state index < -0.39 is 0 Å². The van der Waals surface area contributed by atoms with Gasteiger partial charge in [0, 0.05) is 23.4 Å². The standard InChI is InChI=1S/C17H15Cl2NO3/c1-22-13-6-3-11(16(10-13)23-2)4-8-17(21)20-12-5-7-14(18)15(19)9-12/h3-10H,1-2H3,(H,20,21)/b8-4+. The average Bonchev–Trinajstić information content (AvgIpc) is 2.56. The maximum atomic E-state index is 12.0. The molecule has 0 saturated carbocycles. The van der Waals surface area contributed by atoms with Gasteiger partial charge in [-0.15, -0.1) is 0 Å². The summed E-state index contributed by atoms with van der Waals surface area (Å²) in [6.07, 6.45) is 3.07. The van der Waals surface area contributed by atoms with E-state index in [0.717, 1.165) is 5.56 Å². The number of halogens is 2. The van der Waals surface area contributed by atoms with Crippen LogP contribution < -0.4 is 14.8 Å². The average molecular weight is 352 g/mol. The van der Waals surface area contributed by atoms with E-state index in [0.29, 0.717) is 27.2 Å². The zero-order chi connectivity index (χ0) is 16.8. The van der Waals surface area contributed by atoms with E-state index in [-0.39, 0.29) is 5.91 Å². The number of benzene rings is 2. The number of amides is 1. The van der Waals surface area contributed by atoms with Gasteiger partial charge in [-0.25, -0.2) is 0 Å². The molecule has 6 heteroatoms. The van der Waals surface area contributed by atoms with Crippen molar-refractivity contribution in [2.75, 3.05) is 19.5 Å². The number of methoxy groups -OCH3 is 2. The van der Waals surface area contributed by atoms with Gasteiger partial charge in [-0.3, -0.25) is 4.79 Å². The van der Waals surface area contributed by atoms with Crippen molar-refractivity contribution in [3.05, 3.63) is 58.1 Å². The molecule has 2 rings (SSSR count). The molecule has 0 spiro atoms. The number of carbonyl (C=O) groups excluding carboxylic acids is 1. The first kappa shape index (κ1) is 17.2. The van der Waals surface area contributed by atoms with E-state index in [4.69, 9.17) is 32.7 Å². The summed E-state index contributed by atoms with van der Waals surface area (Å²) in [7, 11) is 3.14. The molecule has 120 valence electrons. The third-order valence-corrected chi connectivity index (χ3v) is 3.78. The third kappa shape index (κ3) is 4.65. The number of hydrogen-bond donors (Lipinski definition) is 1. The highest BCUT2D eigenvalue weighted by molar-refractivity contribution is 6.42. The summed E-state index contributed by atoms with van der Waals surface area (Å²) in [5, 5.41) is 3.52. The van der Waals surface area contributed by atoms with Crippen molar-refractivity contribution in [3.8, 4) is 11.5 Å². The van der Waals surface area contributed by atoms with Crippen LogP contribution in [-0.2, 0) is 4.79 Å². The number of hydrogen-bond acceptors (Lipinski definition) is 3. The highest BCUT2D eigenvalue weighted by Gasteiger charge is 2.04. The summed E-state index contributed by atoms with van der Waals surface area (Å²) in [5.41, 5.74) is 1.33. The van der Waals surface area contributed by atoms with E-state index in [2.05, 4.69) is 5.32 Å². The zero-order valence-corrected chi connectivity index (χ0v) is 14.1. The quantitative estimate of drug-likeness (QED) is 0.796. The van der Waals surface area contributed by atoms with Crippen LogP contribution in [-0.4, -0.2) is 20.1 Å². The Hall–Kier alpha value is -2.17. The van der Waals surface area contributed by atoms with Crippen LogP contribution in [0.25, 0.3) is 6.08 Å². The first-order valence-electron chi connectivity index (χ1n) is 6.69. The van der Waals surface area contributed by atoms with Gasteiger partial charge in [0.25, 0.3) is 0 Å². The molecule has 23 heavy (non-hydrogen) atoms. The van der Waals surface area contributed by atoms with Crippen molar-refractivity contribution < 1.29 is 14.3 Å². The lowest BCUT2D eigenvalue weighted by Gasteiger charge is -2.07. The van der Waals surface area contributed by atoms with Crippen LogP contribution in [0.4, 0.5) is 5.69 Å². The third-order valence-electron chi connectivity index (χ3n) is 3.04. The van der Waals surface area contributed by atoms with Crippen molar-refractivity contribution in [1.82, 2.24) is 0 Å². The highest BCUT2D eigenvalue weighted by atomic mass is 35.5. The Morgan fingerprint density at radius 3 is 2.48 bits per heavy atom. The number of nitrogens with one attached hydrogen (secondary N) is 1. The van der Waals surface area contributed by atoms with Gasteiger partial charge in [0.2, 0.25) is 5.91 Å². The number of rotatable bonds is 5. The summed E-state index contributed by atoms with van der Waals surface area (Å²) < 4.78 is 10.4. The first-order valence-corrected chi connectivity index (χ1v) is 7.45. The Kier molecular flexibility index (Phi) is 5.90. The van der Waals surface area contributed by atoms with Crippen LogP contribution in [0.3, 0.4) is 0 Å². The van der Waals surface area contributed by atoms with Gasteiger partial charge >= 0.3 is 0 Å². The van der Waals surface area contributed by atoms with E-state index in [9.17, 15) is 4.79 Å². The molecule has 1 N–H and O–H groups in total. The minimum atomic E-state index is -0.290. The Bertz CT molecular complexity index is 745. The minimum absolute atomic E-state index is 0.290. The van der Waals surface area contributed by atoms with Crippen LogP contribution in [0, 0.1) is 0 Å². The van der Waals surface area contributed by atoms with Crippen molar-refractivity contribution in [1.29, 1.82) is 0 Å². The van der Waals surface area contributed by atoms with Crippen LogP contribution in [0.2, 0.25) is 10.0 Å². The molecule has 0 bridgehead atoms. The first-order chi connectivity index (χ1) is 11.0. The second-order valence-electron chi connectivity index (χ2n) is 4.56. The summed E-state index contributed by atoms with van der Waals surface area (Å²) in [4.78, 5) is 12.0. The Labute approximate surface area is 144 Å². The molecule has 0 radical (unpaired) electrons. The molecule has 2 aromatic carbocycles. The summed E-state index contributed by atoms with van der Waals surface area (Å²) >= 11 is 11.7. The fraction of sp³-hybridized carbons (Fsp3) is 0.118. The topological polar surface area (TPSA) is 47.6 Å². The molecule has 0 aromatic heterocycles. The fourth-order valence-corrected chi connectivity index (χ4v) is 2.18. The second-order valence-corrected chi connectivity index (χ2v) is 5.37. The fourth-order valence-electron chi connectivity index (χ4n) is 1.88. The molecule has 0 fully saturated rings. The van der Waals surface area contributed by atoms with Crippen LogP contribution in [0.5, 0.6) is 11.5 Å². The van der Waals surface area contributed by atoms with E-state index in [1.165, 1.54) is 6.08 Å². The van der Waals surface area contributed by atoms with E-state index in [1.54, 1.807) is 56.7 Å². The van der Waals surface area contributed by atoms with E-state index in [1.807, 2.05) is 0 Å². The maximum absolute atomic E-state index is 12.0. The number of carbonyl (C=O) groups is 1. The van der Waals surface area contributed by atoms with Crippen LogP contribution in [0.1, 0.15) is 5.56 Å². The Morgan fingerprint density at radius 2 is 1.83 bits per heavy atom. The van der Waals surface area contributed by atoms with E-state index >= 15 is 0 Å². The lowest BCUT2D eigenvalue weighted by atomic mass is 10.1. The molecular formula is C17H15Cl2NO3. The summed E-state index contributed by atoms with van der Waals surface area (Å²) in [5.74, 6) is 1.00. The monoisotopic (exact) mass is 351 g/mol. The van der Waals surface area contributed by atoms with Gasteiger partial charge in [0.15, 0.2) is 0 Å². The predicted octanol–water partition coefficient (Wildman–Crippen LogP) is 4.66. The molecule has 0 saturated heterocycles. The summed E-state index contributed by atoms with van der Waals surface area (Å²) in [6, 6.07) is 10.2. The van der Waals surface area contributed by atoms with Gasteiger partial charge < -0.3 is 14.8 Å². The van der Waals surface area contributed by atoms with Crippen LogP contribution >= 0.6 is 23.2 Å². The van der Waals surface area contributed by atoms with Crippen molar-refractivity contribution in [3.63, 3.8) is 0 Å². The second kappa shape index (κ2) is 7.90. The number of anilines is 1. The molecular weight excluding hydrogens is 337 g/mol. The largest absolute Gasteiger partial charge is 0.497 e. The molecule has 2 aromatic rings. The van der Waals surface area contributed by atoms with Gasteiger partial charge in [0.05, 0.1) is 24.3 Å². The van der Waals surface area contributed by atoms with Crippen molar-refractivity contribution in [2.24, 2.45) is 0 Å². The normalized spacial score (nSPS) is 10.6. The molecule has 1 amide bonds. The van der Waals surface area contributed by atoms with Crippen molar-refractivity contribution >= 4 is 40.9 Å². The van der Waals surface area contributed by atoms with Gasteiger partial charge in [-0.1, -0.05) is 23.2 Å². The lowest BCUT2D eigenvalue weighted by Crippen LogP contribution is -2.07. The summed E-state index contributed by atoms with van der Waals surface area (Å²) in [6.45, 7) is 0. The molecule has 0 aliphatic rings. The molecule has 0 unspecified atom stereocenters. The Balaban J connectivity index is 2.10. The number of ether oxygens (including phenoxy) is 2. The van der Waals surface area contributed by atoms with Gasteiger partial charge in [-0.2, -0.15) is 0 Å². The molecule has 0 aliphatic carbocycles. The van der Waals surface area contributed by atoms with Crippen LogP contribution in [0.15, 0.2) is 42.5 Å². The highest BCUT2D eigenvalue weighted by Crippen LogP contribution is 2.26.